The van der Waals surface area contributed by atoms with Crippen molar-refractivity contribution in [3.05, 3.63) is 70.2 Å². The van der Waals surface area contributed by atoms with Crippen molar-refractivity contribution in [1.82, 2.24) is 5.32 Å². The van der Waals surface area contributed by atoms with Crippen molar-refractivity contribution in [1.29, 1.82) is 0 Å². The van der Waals surface area contributed by atoms with Crippen LogP contribution in [0.5, 0.6) is 0 Å². The maximum atomic E-state index is 11.8. The maximum absolute atomic E-state index is 11.8. The molecule has 2 rings (SSSR count). The number of amides is 1. The van der Waals surface area contributed by atoms with Crippen molar-refractivity contribution in [2.45, 2.75) is 13.5 Å². The van der Waals surface area contributed by atoms with Crippen LogP contribution in [-0.2, 0) is 16.1 Å². The smallest absolute Gasteiger partial charge is 0.325 e. The zero-order chi connectivity index (χ0) is 15.9. The average molecular weight is 318 g/mol. The van der Waals surface area contributed by atoms with Crippen molar-refractivity contribution < 1.29 is 14.3 Å². The quantitative estimate of drug-likeness (QED) is 0.862. The number of rotatable bonds is 5. The lowest BCUT2D eigenvalue weighted by molar-refractivity contribution is -0.143. The Kier molecular flexibility index (Phi) is 5.55. The van der Waals surface area contributed by atoms with E-state index in [1.165, 1.54) is 0 Å². The Morgan fingerprint density at radius 3 is 2.32 bits per heavy atom. The van der Waals surface area contributed by atoms with Gasteiger partial charge in [-0.05, 0) is 36.8 Å². The molecule has 22 heavy (non-hydrogen) atoms. The van der Waals surface area contributed by atoms with Crippen LogP contribution in [0.4, 0.5) is 0 Å². The van der Waals surface area contributed by atoms with Crippen LogP contribution in [0, 0.1) is 6.92 Å². The van der Waals surface area contributed by atoms with Gasteiger partial charge < -0.3 is 10.1 Å². The third-order valence-electron chi connectivity index (χ3n) is 3.02. The van der Waals surface area contributed by atoms with E-state index in [1.54, 1.807) is 36.4 Å². The molecule has 5 heteroatoms. The largest absolute Gasteiger partial charge is 0.460 e. The molecular weight excluding hydrogens is 302 g/mol. The third-order valence-corrected chi connectivity index (χ3v) is 3.27. The highest BCUT2D eigenvalue weighted by molar-refractivity contribution is 6.30. The molecule has 0 heterocycles. The lowest BCUT2D eigenvalue weighted by Gasteiger charge is -2.07. The average Bonchev–Trinajstić information content (AvgIpc) is 2.52. The molecule has 0 atom stereocenters. The molecule has 0 aliphatic rings. The number of ether oxygens (including phenoxy) is 1. The second-order valence-electron chi connectivity index (χ2n) is 4.84. The van der Waals surface area contributed by atoms with Gasteiger partial charge >= 0.3 is 5.97 Å². The van der Waals surface area contributed by atoms with Gasteiger partial charge in [-0.2, -0.15) is 0 Å². The normalized spacial score (nSPS) is 10.1. The molecule has 1 N–H and O–H groups in total. The van der Waals surface area contributed by atoms with E-state index < -0.39 is 5.97 Å². The molecule has 0 aliphatic carbocycles. The number of carbonyl (C=O) groups excluding carboxylic acids is 2. The van der Waals surface area contributed by atoms with Gasteiger partial charge in [-0.3, -0.25) is 9.59 Å². The Morgan fingerprint density at radius 2 is 1.68 bits per heavy atom. The fourth-order valence-corrected chi connectivity index (χ4v) is 1.88. The molecule has 0 radical (unpaired) electrons. The van der Waals surface area contributed by atoms with Crippen LogP contribution in [0.3, 0.4) is 0 Å². The SMILES string of the molecule is Cc1ccc(C(=O)NCC(=O)OCc2ccc(Cl)cc2)cc1. The highest BCUT2D eigenvalue weighted by Gasteiger charge is 2.08. The monoisotopic (exact) mass is 317 g/mol. The summed E-state index contributed by atoms with van der Waals surface area (Å²) in [5.74, 6) is -0.793. The number of esters is 1. The summed E-state index contributed by atoms with van der Waals surface area (Å²) in [7, 11) is 0. The van der Waals surface area contributed by atoms with Crippen LogP contribution in [0.25, 0.3) is 0 Å². The first-order chi connectivity index (χ1) is 10.5. The standard InChI is InChI=1S/C17H16ClNO3/c1-12-2-6-14(7-3-12)17(21)19-10-16(20)22-11-13-4-8-15(18)9-5-13/h2-9H,10-11H2,1H3,(H,19,21). The van der Waals surface area contributed by atoms with Crippen LogP contribution in [-0.4, -0.2) is 18.4 Å². The van der Waals surface area contributed by atoms with E-state index in [9.17, 15) is 9.59 Å². The van der Waals surface area contributed by atoms with Gasteiger partial charge in [-0.15, -0.1) is 0 Å². The number of nitrogens with one attached hydrogen (secondary N) is 1. The summed E-state index contributed by atoms with van der Waals surface area (Å²) >= 11 is 5.77. The van der Waals surface area contributed by atoms with E-state index in [1.807, 2.05) is 19.1 Å². The van der Waals surface area contributed by atoms with Crippen LogP contribution in [0.1, 0.15) is 21.5 Å². The molecule has 1 amide bonds. The molecule has 0 saturated heterocycles. The predicted molar refractivity (Wildman–Crippen MR) is 84.8 cm³/mol. The van der Waals surface area contributed by atoms with Crippen molar-refractivity contribution in [2.24, 2.45) is 0 Å². The molecule has 0 bridgehead atoms. The Morgan fingerprint density at radius 1 is 1.05 bits per heavy atom. The fourth-order valence-electron chi connectivity index (χ4n) is 1.75. The van der Waals surface area contributed by atoms with Crippen molar-refractivity contribution in [3.8, 4) is 0 Å². The summed E-state index contributed by atoms with van der Waals surface area (Å²) in [5, 5.41) is 3.15. The lowest BCUT2D eigenvalue weighted by atomic mass is 10.1. The molecule has 0 aromatic heterocycles. The first-order valence-corrected chi connectivity index (χ1v) is 7.17. The molecule has 0 saturated carbocycles. The topological polar surface area (TPSA) is 55.4 Å². The molecule has 4 nitrogen and oxygen atoms in total. The summed E-state index contributed by atoms with van der Waals surface area (Å²) in [6.07, 6.45) is 0. The zero-order valence-corrected chi connectivity index (χ0v) is 12.9. The van der Waals surface area contributed by atoms with Crippen molar-refractivity contribution in [2.75, 3.05) is 6.54 Å². The summed E-state index contributed by atoms with van der Waals surface area (Å²) in [6.45, 7) is 1.92. The number of benzene rings is 2. The minimum atomic E-state index is -0.490. The van der Waals surface area contributed by atoms with Crippen LogP contribution in [0.2, 0.25) is 5.02 Å². The van der Waals surface area contributed by atoms with E-state index in [4.69, 9.17) is 16.3 Å². The predicted octanol–water partition coefficient (Wildman–Crippen LogP) is 3.12. The Labute approximate surface area is 134 Å². The van der Waals surface area contributed by atoms with E-state index in [-0.39, 0.29) is 19.1 Å². The van der Waals surface area contributed by atoms with Crippen LogP contribution in [0.15, 0.2) is 48.5 Å². The van der Waals surface area contributed by atoms with Crippen LogP contribution < -0.4 is 5.32 Å². The highest BCUT2D eigenvalue weighted by Crippen LogP contribution is 2.10. The van der Waals surface area contributed by atoms with Gasteiger partial charge in [-0.25, -0.2) is 0 Å². The third kappa shape index (κ3) is 4.90. The summed E-state index contributed by atoms with van der Waals surface area (Å²) in [5.41, 5.74) is 2.41. The first-order valence-electron chi connectivity index (χ1n) is 6.79. The lowest BCUT2D eigenvalue weighted by Crippen LogP contribution is -2.30. The molecule has 0 spiro atoms. The summed E-state index contributed by atoms with van der Waals surface area (Å²) < 4.78 is 5.08. The number of hydrogen-bond donors (Lipinski definition) is 1. The van der Waals surface area contributed by atoms with Gasteiger partial charge in [0, 0.05) is 10.6 Å². The molecule has 0 fully saturated rings. The number of aryl methyl sites for hydroxylation is 1. The van der Waals surface area contributed by atoms with E-state index in [0.717, 1.165) is 11.1 Å². The zero-order valence-electron chi connectivity index (χ0n) is 12.1. The fraction of sp³-hybridized carbons (Fsp3) is 0.176. The van der Waals surface area contributed by atoms with Crippen LogP contribution >= 0.6 is 11.6 Å². The van der Waals surface area contributed by atoms with E-state index >= 15 is 0 Å². The van der Waals surface area contributed by atoms with Crippen molar-refractivity contribution >= 4 is 23.5 Å². The van der Waals surface area contributed by atoms with Gasteiger partial charge in [0.1, 0.15) is 13.2 Å². The minimum absolute atomic E-state index is 0.149. The first kappa shape index (κ1) is 16.0. The maximum Gasteiger partial charge on any atom is 0.325 e. The van der Waals surface area contributed by atoms with Gasteiger partial charge in [0.05, 0.1) is 0 Å². The minimum Gasteiger partial charge on any atom is -0.460 e. The second kappa shape index (κ2) is 7.61. The highest BCUT2D eigenvalue weighted by atomic mass is 35.5. The van der Waals surface area contributed by atoms with Gasteiger partial charge in [-0.1, -0.05) is 41.4 Å². The molecule has 0 unspecified atom stereocenters. The summed E-state index contributed by atoms with van der Waals surface area (Å²) in [4.78, 5) is 23.4. The van der Waals surface area contributed by atoms with Gasteiger partial charge in [0.25, 0.3) is 5.91 Å². The second-order valence-corrected chi connectivity index (χ2v) is 5.27. The molecule has 2 aromatic rings. The Balaban J connectivity index is 1.76. The summed E-state index contributed by atoms with van der Waals surface area (Å²) in [6, 6.07) is 14.1. The molecule has 0 aliphatic heterocycles. The van der Waals surface area contributed by atoms with E-state index in [0.29, 0.717) is 10.6 Å². The van der Waals surface area contributed by atoms with Gasteiger partial charge in [0.2, 0.25) is 0 Å². The number of carbonyl (C=O) groups is 2. The molecule has 114 valence electrons. The van der Waals surface area contributed by atoms with Gasteiger partial charge in [0.15, 0.2) is 0 Å². The number of halogens is 1. The van der Waals surface area contributed by atoms with Crippen molar-refractivity contribution in [3.63, 3.8) is 0 Å². The molecule has 2 aromatic carbocycles. The van der Waals surface area contributed by atoms with E-state index in [2.05, 4.69) is 5.32 Å². The number of hydrogen-bond acceptors (Lipinski definition) is 3. The Bertz CT molecular complexity index is 651. The Hall–Kier alpha value is -2.33. The molecular formula is C17H16ClNO3.